The van der Waals surface area contributed by atoms with Gasteiger partial charge < -0.3 is 9.84 Å². The van der Waals surface area contributed by atoms with Gasteiger partial charge in [0.05, 0.1) is 30.2 Å². The summed E-state index contributed by atoms with van der Waals surface area (Å²) in [5, 5.41) is 9.63. The number of amides is 2. The standard InChI is InChI=1S/C15H12BrNO4/c16-8-2-1-3-9(6-8)17-13(19)11-10-4-5-15(7-18,21-10)12(11)14(17)20/h1-6,10-12,18H,7H2/t10-,11-,12+,15-/m0/s1. The Bertz CT molecular complexity index is 688. The maximum Gasteiger partial charge on any atom is 0.241 e. The summed E-state index contributed by atoms with van der Waals surface area (Å²) in [6.07, 6.45) is 3.07. The van der Waals surface area contributed by atoms with E-state index in [4.69, 9.17) is 4.74 Å². The molecule has 0 saturated carbocycles. The molecule has 1 N–H and O–H groups in total. The molecule has 0 spiro atoms. The highest BCUT2D eigenvalue weighted by atomic mass is 79.9. The van der Waals surface area contributed by atoms with E-state index in [1.54, 1.807) is 30.4 Å². The third-order valence-electron chi connectivity index (χ3n) is 4.47. The molecule has 0 aromatic heterocycles. The number of imide groups is 1. The van der Waals surface area contributed by atoms with Crippen LogP contribution in [0.3, 0.4) is 0 Å². The molecule has 3 aliphatic rings. The second-order valence-corrected chi connectivity index (χ2v) is 6.47. The zero-order valence-corrected chi connectivity index (χ0v) is 12.5. The molecule has 3 aliphatic heterocycles. The zero-order valence-electron chi connectivity index (χ0n) is 10.9. The van der Waals surface area contributed by atoms with Crippen LogP contribution in [-0.4, -0.2) is 35.2 Å². The molecule has 5 nitrogen and oxygen atoms in total. The second-order valence-electron chi connectivity index (χ2n) is 5.55. The molecule has 2 saturated heterocycles. The van der Waals surface area contributed by atoms with E-state index in [9.17, 15) is 14.7 Å². The van der Waals surface area contributed by atoms with Crippen LogP contribution >= 0.6 is 15.9 Å². The van der Waals surface area contributed by atoms with Gasteiger partial charge in [0, 0.05) is 4.47 Å². The van der Waals surface area contributed by atoms with Crippen molar-refractivity contribution in [1.82, 2.24) is 0 Å². The number of fused-ring (bicyclic) bond motifs is 5. The fourth-order valence-corrected chi connectivity index (χ4v) is 3.94. The molecule has 1 aromatic rings. The monoisotopic (exact) mass is 349 g/mol. The van der Waals surface area contributed by atoms with E-state index in [0.29, 0.717) is 5.69 Å². The molecule has 108 valence electrons. The Morgan fingerprint density at radius 1 is 1.33 bits per heavy atom. The molecule has 1 aromatic carbocycles. The Morgan fingerprint density at radius 2 is 2.14 bits per heavy atom. The highest BCUT2D eigenvalue weighted by molar-refractivity contribution is 9.10. The van der Waals surface area contributed by atoms with Crippen molar-refractivity contribution in [3.8, 4) is 0 Å². The lowest BCUT2D eigenvalue weighted by molar-refractivity contribution is -0.128. The van der Waals surface area contributed by atoms with Crippen LogP contribution in [0, 0.1) is 11.8 Å². The lowest BCUT2D eigenvalue weighted by Gasteiger charge is -2.26. The highest BCUT2D eigenvalue weighted by Crippen LogP contribution is 2.52. The Morgan fingerprint density at radius 3 is 2.86 bits per heavy atom. The molecule has 3 heterocycles. The van der Waals surface area contributed by atoms with Crippen molar-refractivity contribution in [3.63, 3.8) is 0 Å². The number of halogens is 1. The first-order valence-corrected chi connectivity index (χ1v) is 7.48. The Labute approximate surface area is 129 Å². The minimum Gasteiger partial charge on any atom is -0.393 e. The predicted octanol–water partition coefficient (Wildman–Crippen LogP) is 1.25. The number of nitrogens with zero attached hydrogens (tertiary/aromatic N) is 1. The van der Waals surface area contributed by atoms with Crippen LogP contribution in [-0.2, 0) is 14.3 Å². The quantitative estimate of drug-likeness (QED) is 0.644. The van der Waals surface area contributed by atoms with Crippen LogP contribution in [0.2, 0.25) is 0 Å². The van der Waals surface area contributed by atoms with Crippen molar-refractivity contribution in [2.24, 2.45) is 11.8 Å². The number of aliphatic hydroxyl groups is 1. The summed E-state index contributed by atoms with van der Waals surface area (Å²) < 4.78 is 6.48. The first-order chi connectivity index (χ1) is 10.1. The van der Waals surface area contributed by atoms with Gasteiger partial charge in [0.25, 0.3) is 0 Å². The van der Waals surface area contributed by atoms with E-state index in [1.165, 1.54) is 4.90 Å². The van der Waals surface area contributed by atoms with E-state index in [0.717, 1.165) is 4.47 Å². The maximum absolute atomic E-state index is 12.7. The van der Waals surface area contributed by atoms with Crippen LogP contribution in [0.1, 0.15) is 0 Å². The van der Waals surface area contributed by atoms with E-state index in [2.05, 4.69) is 15.9 Å². The van der Waals surface area contributed by atoms with Gasteiger partial charge in [-0.05, 0) is 18.2 Å². The van der Waals surface area contributed by atoms with E-state index >= 15 is 0 Å². The second kappa shape index (κ2) is 4.25. The third kappa shape index (κ3) is 1.58. The molecule has 4 rings (SSSR count). The van der Waals surface area contributed by atoms with Gasteiger partial charge in [0.15, 0.2) is 0 Å². The summed E-state index contributed by atoms with van der Waals surface area (Å²) >= 11 is 3.34. The van der Waals surface area contributed by atoms with Gasteiger partial charge in [0.1, 0.15) is 5.60 Å². The molecule has 4 atom stereocenters. The van der Waals surface area contributed by atoms with E-state index in [1.807, 2.05) is 6.07 Å². The molecule has 2 fully saturated rings. The first-order valence-electron chi connectivity index (χ1n) is 6.69. The largest absolute Gasteiger partial charge is 0.393 e. The Kier molecular flexibility index (Phi) is 2.67. The van der Waals surface area contributed by atoms with Crippen LogP contribution in [0.4, 0.5) is 5.69 Å². The van der Waals surface area contributed by atoms with Crippen LogP contribution in [0.5, 0.6) is 0 Å². The lowest BCUT2D eigenvalue weighted by atomic mass is 9.77. The molecule has 2 amide bonds. The lowest BCUT2D eigenvalue weighted by Crippen LogP contribution is -2.43. The van der Waals surface area contributed by atoms with Gasteiger partial charge in [-0.15, -0.1) is 0 Å². The van der Waals surface area contributed by atoms with Crippen molar-refractivity contribution in [1.29, 1.82) is 0 Å². The molecular formula is C15H12BrNO4. The Balaban J connectivity index is 1.79. The highest BCUT2D eigenvalue weighted by Gasteiger charge is 2.67. The average molecular weight is 350 g/mol. The number of carbonyl (C=O) groups excluding carboxylic acids is 2. The fraction of sp³-hybridized carbons (Fsp3) is 0.333. The number of ether oxygens (including phenoxy) is 1. The zero-order chi connectivity index (χ0) is 14.8. The minimum atomic E-state index is -1.04. The summed E-state index contributed by atoms with van der Waals surface area (Å²) in [6.45, 7) is -0.299. The number of hydrogen-bond donors (Lipinski definition) is 1. The molecule has 6 heteroatoms. The summed E-state index contributed by atoms with van der Waals surface area (Å²) in [5.41, 5.74) is -0.496. The fourth-order valence-electron chi connectivity index (χ4n) is 3.55. The summed E-state index contributed by atoms with van der Waals surface area (Å²) in [5.74, 6) is -1.73. The Hall–Kier alpha value is -1.50. The summed E-state index contributed by atoms with van der Waals surface area (Å²) in [6, 6.07) is 7.07. The molecule has 0 aliphatic carbocycles. The number of anilines is 1. The number of benzene rings is 1. The molecule has 0 unspecified atom stereocenters. The van der Waals surface area contributed by atoms with Gasteiger partial charge in [-0.3, -0.25) is 9.59 Å². The number of aliphatic hydroxyl groups excluding tert-OH is 1. The topological polar surface area (TPSA) is 66.8 Å². The van der Waals surface area contributed by atoms with Gasteiger partial charge in [-0.25, -0.2) is 4.90 Å². The molecule has 2 bridgehead atoms. The smallest absolute Gasteiger partial charge is 0.241 e. The van der Waals surface area contributed by atoms with E-state index in [-0.39, 0.29) is 18.4 Å². The predicted molar refractivity (Wildman–Crippen MR) is 77.4 cm³/mol. The molecule has 0 radical (unpaired) electrons. The average Bonchev–Trinajstić information content (AvgIpc) is 3.10. The number of rotatable bonds is 2. The van der Waals surface area contributed by atoms with Gasteiger partial charge in [0.2, 0.25) is 11.8 Å². The summed E-state index contributed by atoms with van der Waals surface area (Å²) in [7, 11) is 0. The normalized spacial score (nSPS) is 36.7. The minimum absolute atomic E-state index is 0.257. The van der Waals surface area contributed by atoms with E-state index < -0.39 is 23.5 Å². The molecular weight excluding hydrogens is 338 g/mol. The first kappa shape index (κ1) is 13.2. The van der Waals surface area contributed by atoms with Crippen LogP contribution < -0.4 is 4.90 Å². The number of carbonyl (C=O) groups is 2. The molecule has 21 heavy (non-hydrogen) atoms. The van der Waals surface area contributed by atoms with Crippen molar-refractivity contribution >= 4 is 33.4 Å². The van der Waals surface area contributed by atoms with Crippen molar-refractivity contribution in [2.45, 2.75) is 11.7 Å². The van der Waals surface area contributed by atoms with Crippen LogP contribution in [0.15, 0.2) is 40.9 Å². The number of hydrogen-bond acceptors (Lipinski definition) is 4. The summed E-state index contributed by atoms with van der Waals surface area (Å²) in [4.78, 5) is 26.6. The SMILES string of the molecule is O=C1[C@H]2[C@@H]3C=C[C@@](CO)(O3)[C@H]2C(=O)N1c1cccc(Br)c1. The van der Waals surface area contributed by atoms with Crippen molar-refractivity contribution in [2.75, 3.05) is 11.5 Å². The third-order valence-corrected chi connectivity index (χ3v) is 4.96. The van der Waals surface area contributed by atoms with Gasteiger partial charge in [-0.1, -0.05) is 34.1 Å². The maximum atomic E-state index is 12.7. The van der Waals surface area contributed by atoms with Crippen molar-refractivity contribution in [3.05, 3.63) is 40.9 Å². The van der Waals surface area contributed by atoms with Gasteiger partial charge in [-0.2, -0.15) is 0 Å². The van der Waals surface area contributed by atoms with Gasteiger partial charge >= 0.3 is 0 Å². The van der Waals surface area contributed by atoms with Crippen LogP contribution in [0.25, 0.3) is 0 Å². The van der Waals surface area contributed by atoms with Crippen molar-refractivity contribution < 1.29 is 19.4 Å².